The largest absolute Gasteiger partial charge is 0.465 e. The van der Waals surface area contributed by atoms with Crippen molar-refractivity contribution in [1.29, 1.82) is 0 Å². The molecule has 0 N–H and O–H groups in total. The Kier molecular flexibility index (Phi) is 3.53. The summed E-state index contributed by atoms with van der Waals surface area (Å²) in [4.78, 5) is 11.5. The van der Waals surface area contributed by atoms with Crippen molar-refractivity contribution in [2.45, 2.75) is 44.4 Å². The minimum atomic E-state index is -0.213. The first kappa shape index (κ1) is 13.9. The molecule has 1 saturated heterocycles. The third kappa shape index (κ3) is 2.73. The summed E-state index contributed by atoms with van der Waals surface area (Å²) in [5.41, 5.74) is 2.41. The molecule has 0 saturated carbocycles. The van der Waals surface area contributed by atoms with Crippen LogP contribution in [0.1, 0.15) is 44.7 Å². The van der Waals surface area contributed by atoms with Crippen LogP contribution in [-0.4, -0.2) is 12.6 Å². The van der Waals surface area contributed by atoms with E-state index in [1.54, 1.807) is 0 Å². The number of rotatable bonds is 3. The highest BCUT2D eigenvalue weighted by Crippen LogP contribution is 2.38. The number of hydrogen-bond donors (Lipinski definition) is 0. The summed E-state index contributed by atoms with van der Waals surface area (Å²) in [6, 6.07) is 8.57. The van der Waals surface area contributed by atoms with E-state index >= 15 is 0 Å². The van der Waals surface area contributed by atoms with Crippen LogP contribution in [0.5, 0.6) is 0 Å². The van der Waals surface area contributed by atoms with Gasteiger partial charge >= 0.3 is 5.97 Å². The molecule has 0 radical (unpaired) electrons. The molecule has 2 rings (SSSR count). The van der Waals surface area contributed by atoms with Crippen LogP contribution in [0.25, 0.3) is 0 Å². The highest BCUT2D eigenvalue weighted by molar-refractivity contribution is 5.74. The van der Waals surface area contributed by atoms with Gasteiger partial charge in [-0.2, -0.15) is 0 Å². The van der Waals surface area contributed by atoms with E-state index in [1.807, 2.05) is 6.08 Å². The van der Waals surface area contributed by atoms with E-state index in [0.29, 0.717) is 13.0 Å². The standard InChI is InChI=1S/C17H22O2/c1-5-10-17(11-15(18)19-12-17)14-8-6-13(7-9-14)16(2,3)4/h5-9H,1,10-12H2,2-4H3/t17-/m0/s1. The van der Waals surface area contributed by atoms with Crippen molar-refractivity contribution in [1.82, 2.24) is 0 Å². The van der Waals surface area contributed by atoms with Gasteiger partial charge in [-0.05, 0) is 23.0 Å². The lowest BCUT2D eigenvalue weighted by Gasteiger charge is -2.26. The van der Waals surface area contributed by atoms with Crippen LogP contribution in [-0.2, 0) is 20.4 Å². The SMILES string of the molecule is C=CC[C@@]1(c2ccc(C(C)(C)C)cc2)COC(=O)C1. The second kappa shape index (κ2) is 4.84. The number of ether oxygens (including phenoxy) is 1. The van der Waals surface area contributed by atoms with Crippen LogP contribution in [0.4, 0.5) is 0 Å². The maximum absolute atomic E-state index is 11.5. The number of esters is 1. The quantitative estimate of drug-likeness (QED) is 0.609. The van der Waals surface area contributed by atoms with Crippen LogP contribution in [0.3, 0.4) is 0 Å². The van der Waals surface area contributed by atoms with Crippen LogP contribution < -0.4 is 0 Å². The highest BCUT2D eigenvalue weighted by atomic mass is 16.5. The number of carbonyl (C=O) groups is 1. The van der Waals surface area contributed by atoms with E-state index in [1.165, 1.54) is 11.1 Å². The second-order valence-corrected chi connectivity index (χ2v) is 6.44. The molecule has 2 heteroatoms. The Morgan fingerprint density at radius 3 is 2.37 bits per heavy atom. The Hall–Kier alpha value is -1.57. The minimum absolute atomic E-state index is 0.109. The van der Waals surface area contributed by atoms with Crippen molar-refractivity contribution in [2.75, 3.05) is 6.61 Å². The van der Waals surface area contributed by atoms with Gasteiger partial charge in [-0.1, -0.05) is 51.1 Å². The molecule has 1 aromatic rings. The van der Waals surface area contributed by atoms with Gasteiger partial charge in [0, 0.05) is 5.41 Å². The zero-order valence-corrected chi connectivity index (χ0v) is 12.0. The van der Waals surface area contributed by atoms with Gasteiger partial charge in [0.2, 0.25) is 0 Å². The molecule has 0 aliphatic carbocycles. The maximum Gasteiger partial charge on any atom is 0.306 e. The predicted octanol–water partition coefficient (Wildman–Crippen LogP) is 3.74. The average molecular weight is 258 g/mol. The lowest BCUT2D eigenvalue weighted by atomic mass is 9.75. The average Bonchev–Trinajstić information content (AvgIpc) is 2.72. The first-order chi connectivity index (χ1) is 8.87. The number of cyclic esters (lactones) is 1. The summed E-state index contributed by atoms with van der Waals surface area (Å²) >= 11 is 0. The topological polar surface area (TPSA) is 26.3 Å². The molecule has 1 fully saturated rings. The Labute approximate surface area is 115 Å². The van der Waals surface area contributed by atoms with Gasteiger partial charge in [-0.3, -0.25) is 4.79 Å². The van der Waals surface area contributed by atoms with E-state index in [0.717, 1.165) is 6.42 Å². The summed E-state index contributed by atoms with van der Waals surface area (Å²) in [6.45, 7) is 10.9. The zero-order valence-electron chi connectivity index (χ0n) is 12.0. The third-order valence-electron chi connectivity index (χ3n) is 3.89. The number of hydrogen-bond acceptors (Lipinski definition) is 2. The van der Waals surface area contributed by atoms with E-state index in [-0.39, 0.29) is 16.8 Å². The molecule has 0 unspecified atom stereocenters. The monoisotopic (exact) mass is 258 g/mol. The number of allylic oxidation sites excluding steroid dienone is 1. The predicted molar refractivity (Wildman–Crippen MR) is 77.2 cm³/mol. The van der Waals surface area contributed by atoms with Crippen LogP contribution in [0.15, 0.2) is 36.9 Å². The fourth-order valence-electron chi connectivity index (χ4n) is 2.63. The van der Waals surface area contributed by atoms with Crippen molar-refractivity contribution in [3.63, 3.8) is 0 Å². The summed E-state index contributed by atoms with van der Waals surface area (Å²) in [6.07, 6.45) is 3.10. The molecule has 102 valence electrons. The summed E-state index contributed by atoms with van der Waals surface area (Å²) < 4.78 is 5.19. The summed E-state index contributed by atoms with van der Waals surface area (Å²) in [5.74, 6) is -0.109. The molecule has 0 amide bonds. The van der Waals surface area contributed by atoms with Gasteiger partial charge in [-0.25, -0.2) is 0 Å². The smallest absolute Gasteiger partial charge is 0.306 e. The molecule has 1 aliphatic rings. The number of carbonyl (C=O) groups excluding carboxylic acids is 1. The van der Waals surface area contributed by atoms with E-state index in [9.17, 15) is 4.79 Å². The van der Waals surface area contributed by atoms with Crippen LogP contribution in [0.2, 0.25) is 0 Å². The van der Waals surface area contributed by atoms with Crippen molar-refractivity contribution in [2.24, 2.45) is 0 Å². The third-order valence-corrected chi connectivity index (χ3v) is 3.89. The van der Waals surface area contributed by atoms with Crippen molar-refractivity contribution in [3.05, 3.63) is 48.0 Å². The van der Waals surface area contributed by atoms with Crippen molar-refractivity contribution < 1.29 is 9.53 Å². The van der Waals surface area contributed by atoms with Crippen molar-refractivity contribution in [3.8, 4) is 0 Å². The summed E-state index contributed by atoms with van der Waals surface area (Å²) in [7, 11) is 0. The van der Waals surface area contributed by atoms with Gasteiger partial charge in [0.25, 0.3) is 0 Å². The van der Waals surface area contributed by atoms with Crippen LogP contribution in [0, 0.1) is 0 Å². The molecule has 0 aromatic heterocycles. The number of benzene rings is 1. The molecule has 1 heterocycles. The molecule has 2 nitrogen and oxygen atoms in total. The van der Waals surface area contributed by atoms with Gasteiger partial charge < -0.3 is 4.74 Å². The Balaban J connectivity index is 2.34. The lowest BCUT2D eigenvalue weighted by Crippen LogP contribution is -2.26. The first-order valence-corrected chi connectivity index (χ1v) is 6.75. The van der Waals surface area contributed by atoms with E-state index in [4.69, 9.17) is 4.74 Å². The highest BCUT2D eigenvalue weighted by Gasteiger charge is 2.40. The van der Waals surface area contributed by atoms with Gasteiger partial charge in [0.15, 0.2) is 0 Å². The lowest BCUT2D eigenvalue weighted by molar-refractivity contribution is -0.137. The normalized spacial score (nSPS) is 23.2. The van der Waals surface area contributed by atoms with Crippen molar-refractivity contribution >= 4 is 5.97 Å². The first-order valence-electron chi connectivity index (χ1n) is 6.75. The van der Waals surface area contributed by atoms with Crippen LogP contribution >= 0.6 is 0 Å². The summed E-state index contributed by atoms with van der Waals surface area (Å²) in [5, 5.41) is 0. The molecule has 0 bridgehead atoms. The van der Waals surface area contributed by atoms with Gasteiger partial charge in [-0.15, -0.1) is 6.58 Å². The maximum atomic E-state index is 11.5. The van der Waals surface area contributed by atoms with E-state index < -0.39 is 0 Å². The minimum Gasteiger partial charge on any atom is -0.465 e. The zero-order chi connectivity index (χ0) is 14.1. The van der Waals surface area contributed by atoms with E-state index in [2.05, 4.69) is 51.6 Å². The molecule has 1 aromatic carbocycles. The molecule has 0 spiro atoms. The Morgan fingerprint density at radius 2 is 1.95 bits per heavy atom. The molecular formula is C17H22O2. The van der Waals surface area contributed by atoms with Gasteiger partial charge in [0.05, 0.1) is 6.42 Å². The Bertz CT molecular complexity index is 479. The second-order valence-electron chi connectivity index (χ2n) is 6.44. The molecular weight excluding hydrogens is 236 g/mol. The molecule has 19 heavy (non-hydrogen) atoms. The fourth-order valence-corrected chi connectivity index (χ4v) is 2.63. The fraction of sp³-hybridized carbons (Fsp3) is 0.471. The molecule has 1 atom stereocenters. The van der Waals surface area contributed by atoms with Gasteiger partial charge in [0.1, 0.15) is 6.61 Å². The molecule has 1 aliphatic heterocycles. The Morgan fingerprint density at radius 1 is 1.32 bits per heavy atom.